The van der Waals surface area contributed by atoms with Crippen LogP contribution in [0.4, 0.5) is 0 Å². The Balaban J connectivity index is 1.68. The molecule has 6 heteroatoms. The minimum atomic E-state index is -0.403. The van der Waals surface area contributed by atoms with E-state index in [1.165, 1.54) is 18.4 Å². The molecule has 1 aromatic carbocycles. The summed E-state index contributed by atoms with van der Waals surface area (Å²) in [5.74, 6) is 1.24. The summed E-state index contributed by atoms with van der Waals surface area (Å²) in [6.45, 7) is 5.87. The van der Waals surface area contributed by atoms with E-state index >= 15 is 0 Å². The summed E-state index contributed by atoms with van der Waals surface area (Å²) in [4.78, 5) is 21.0. The number of aryl methyl sites for hydroxylation is 1. The molecule has 0 saturated heterocycles. The van der Waals surface area contributed by atoms with E-state index in [1.54, 1.807) is 7.05 Å². The molecule has 6 nitrogen and oxygen atoms in total. The second-order valence-corrected chi connectivity index (χ2v) is 6.79. The van der Waals surface area contributed by atoms with Crippen molar-refractivity contribution in [3.63, 3.8) is 0 Å². The Morgan fingerprint density at radius 1 is 1.42 bits per heavy atom. The molecule has 1 fully saturated rings. The summed E-state index contributed by atoms with van der Waals surface area (Å²) in [7, 11) is 1.62. The number of hydrogen-bond acceptors (Lipinski definition) is 5. The second kappa shape index (κ2) is 7.64. The number of hydrogen-bond donors (Lipinski definition) is 1. The molecule has 0 bridgehead atoms. The maximum absolute atomic E-state index is 12.5. The molecule has 1 N–H and O–H groups in total. The molecule has 0 radical (unpaired) electrons. The average Bonchev–Trinajstić information content (AvgIpc) is 3.35. The SMILES string of the molecule is CN=C(/C=C(\C)C1CC1)C(=O)NC(C)c1nc(-c2cccc(C)c2)no1. The number of carbonyl (C=O) groups excluding carboxylic acids is 1. The van der Waals surface area contributed by atoms with Gasteiger partial charge in [0.15, 0.2) is 0 Å². The van der Waals surface area contributed by atoms with E-state index in [0.717, 1.165) is 11.1 Å². The van der Waals surface area contributed by atoms with Gasteiger partial charge in [-0.25, -0.2) is 0 Å². The van der Waals surface area contributed by atoms with Gasteiger partial charge in [-0.3, -0.25) is 9.79 Å². The fourth-order valence-corrected chi connectivity index (χ4v) is 2.75. The van der Waals surface area contributed by atoms with Crippen molar-refractivity contribution in [2.75, 3.05) is 7.05 Å². The summed E-state index contributed by atoms with van der Waals surface area (Å²) in [6, 6.07) is 7.48. The summed E-state index contributed by atoms with van der Waals surface area (Å²) in [5.41, 5.74) is 3.63. The monoisotopic (exact) mass is 352 g/mol. The van der Waals surface area contributed by atoms with Crippen molar-refractivity contribution in [1.82, 2.24) is 15.5 Å². The lowest BCUT2D eigenvalue weighted by Crippen LogP contribution is -2.32. The number of allylic oxidation sites excluding steroid dienone is 1. The first kappa shape index (κ1) is 18.0. The van der Waals surface area contributed by atoms with Crippen molar-refractivity contribution >= 4 is 11.6 Å². The quantitative estimate of drug-likeness (QED) is 0.805. The van der Waals surface area contributed by atoms with E-state index in [4.69, 9.17) is 4.52 Å². The fourth-order valence-electron chi connectivity index (χ4n) is 2.75. The van der Waals surface area contributed by atoms with Crippen LogP contribution < -0.4 is 5.32 Å². The Bertz CT molecular complexity index is 862. The van der Waals surface area contributed by atoms with E-state index in [0.29, 0.717) is 23.3 Å². The van der Waals surface area contributed by atoms with Gasteiger partial charge in [0, 0.05) is 12.6 Å². The zero-order valence-electron chi connectivity index (χ0n) is 15.6. The van der Waals surface area contributed by atoms with Gasteiger partial charge < -0.3 is 9.84 Å². The van der Waals surface area contributed by atoms with Crippen molar-refractivity contribution in [2.24, 2.45) is 10.9 Å². The first-order valence-electron chi connectivity index (χ1n) is 8.84. The molecule has 26 heavy (non-hydrogen) atoms. The molecule has 136 valence electrons. The highest BCUT2D eigenvalue weighted by molar-refractivity contribution is 6.43. The molecular formula is C20H24N4O2. The van der Waals surface area contributed by atoms with Crippen LogP contribution >= 0.6 is 0 Å². The number of rotatable bonds is 6. The standard InChI is InChI=1S/C20H24N4O2/c1-12-6-5-7-16(10-12)18-23-20(26-24-18)14(3)22-19(25)17(21-4)11-13(2)15-8-9-15/h5-7,10-11,14-15H,8-9H2,1-4H3,(H,22,25)/b13-11+,21-17?. The molecule has 1 unspecified atom stereocenters. The van der Waals surface area contributed by atoms with Crippen LogP contribution in [0.5, 0.6) is 0 Å². The Morgan fingerprint density at radius 2 is 2.19 bits per heavy atom. The van der Waals surface area contributed by atoms with Gasteiger partial charge in [-0.05, 0) is 51.7 Å². The van der Waals surface area contributed by atoms with Crippen LogP contribution in [-0.2, 0) is 4.79 Å². The number of carbonyl (C=O) groups is 1. The number of nitrogens with zero attached hydrogens (tertiary/aromatic N) is 3. The van der Waals surface area contributed by atoms with E-state index in [9.17, 15) is 4.79 Å². The smallest absolute Gasteiger partial charge is 0.270 e. The van der Waals surface area contributed by atoms with Gasteiger partial charge in [0.1, 0.15) is 11.8 Å². The molecule has 1 aromatic heterocycles. The van der Waals surface area contributed by atoms with Gasteiger partial charge in [-0.1, -0.05) is 34.5 Å². The van der Waals surface area contributed by atoms with Crippen molar-refractivity contribution < 1.29 is 9.32 Å². The van der Waals surface area contributed by atoms with Gasteiger partial charge >= 0.3 is 0 Å². The molecule has 3 rings (SSSR count). The average molecular weight is 352 g/mol. The topological polar surface area (TPSA) is 80.4 Å². The predicted octanol–water partition coefficient (Wildman–Crippen LogP) is 3.65. The highest BCUT2D eigenvalue weighted by Crippen LogP contribution is 2.36. The first-order valence-corrected chi connectivity index (χ1v) is 8.84. The maximum Gasteiger partial charge on any atom is 0.270 e. The van der Waals surface area contributed by atoms with Crippen LogP contribution in [0.25, 0.3) is 11.4 Å². The minimum absolute atomic E-state index is 0.240. The van der Waals surface area contributed by atoms with E-state index in [1.807, 2.05) is 51.1 Å². The van der Waals surface area contributed by atoms with Gasteiger partial charge in [-0.2, -0.15) is 4.98 Å². The van der Waals surface area contributed by atoms with Gasteiger partial charge in [-0.15, -0.1) is 0 Å². The number of amides is 1. The summed E-state index contributed by atoms with van der Waals surface area (Å²) in [5, 5.41) is 6.90. The highest BCUT2D eigenvalue weighted by Gasteiger charge is 2.24. The molecule has 1 saturated carbocycles. The van der Waals surface area contributed by atoms with Crippen LogP contribution in [0.2, 0.25) is 0 Å². The van der Waals surface area contributed by atoms with Crippen LogP contribution in [0.3, 0.4) is 0 Å². The molecule has 2 aromatic rings. The normalized spacial score (nSPS) is 16.5. The lowest BCUT2D eigenvalue weighted by Gasteiger charge is -2.10. The molecule has 1 amide bonds. The van der Waals surface area contributed by atoms with Crippen LogP contribution in [0.1, 0.15) is 44.2 Å². The summed E-state index contributed by atoms with van der Waals surface area (Å²) >= 11 is 0. The van der Waals surface area contributed by atoms with Crippen molar-refractivity contribution in [3.05, 3.63) is 47.4 Å². The van der Waals surface area contributed by atoms with Crippen LogP contribution in [0, 0.1) is 12.8 Å². The summed E-state index contributed by atoms with van der Waals surface area (Å²) < 4.78 is 5.33. The van der Waals surface area contributed by atoms with E-state index in [-0.39, 0.29) is 5.91 Å². The van der Waals surface area contributed by atoms with Crippen molar-refractivity contribution in [3.8, 4) is 11.4 Å². The number of aliphatic imine (C=N–C) groups is 1. The second-order valence-electron chi connectivity index (χ2n) is 6.79. The zero-order valence-corrected chi connectivity index (χ0v) is 15.6. The maximum atomic E-state index is 12.5. The van der Waals surface area contributed by atoms with E-state index < -0.39 is 6.04 Å². The summed E-state index contributed by atoms with van der Waals surface area (Å²) in [6.07, 6.45) is 4.26. The molecule has 1 aliphatic rings. The van der Waals surface area contributed by atoms with Crippen LogP contribution in [0.15, 0.2) is 45.4 Å². The third kappa shape index (κ3) is 4.25. The molecule has 0 spiro atoms. The molecular weight excluding hydrogens is 328 g/mol. The Kier molecular flexibility index (Phi) is 5.30. The molecule has 0 aliphatic heterocycles. The van der Waals surface area contributed by atoms with Crippen LogP contribution in [-0.4, -0.2) is 28.8 Å². The zero-order chi connectivity index (χ0) is 18.7. The van der Waals surface area contributed by atoms with Crippen molar-refractivity contribution in [2.45, 2.75) is 39.7 Å². The number of nitrogens with one attached hydrogen (secondary N) is 1. The van der Waals surface area contributed by atoms with Gasteiger partial charge in [0.25, 0.3) is 5.91 Å². The third-order valence-electron chi connectivity index (χ3n) is 4.50. The highest BCUT2D eigenvalue weighted by atomic mass is 16.5. The fraction of sp³-hybridized carbons (Fsp3) is 0.400. The van der Waals surface area contributed by atoms with E-state index in [2.05, 4.69) is 20.4 Å². The Morgan fingerprint density at radius 3 is 2.85 bits per heavy atom. The van der Waals surface area contributed by atoms with Gasteiger partial charge in [0.2, 0.25) is 11.7 Å². The minimum Gasteiger partial charge on any atom is -0.339 e. The lowest BCUT2D eigenvalue weighted by molar-refractivity contribution is -0.115. The lowest BCUT2D eigenvalue weighted by atomic mass is 10.1. The molecule has 1 aliphatic carbocycles. The predicted molar refractivity (Wildman–Crippen MR) is 101 cm³/mol. The van der Waals surface area contributed by atoms with Crippen molar-refractivity contribution in [1.29, 1.82) is 0 Å². The third-order valence-corrected chi connectivity index (χ3v) is 4.50. The molecule has 1 heterocycles. The first-order chi connectivity index (χ1) is 12.5. The Hall–Kier alpha value is -2.76. The Labute approximate surface area is 153 Å². The largest absolute Gasteiger partial charge is 0.339 e. The number of aromatic nitrogens is 2. The molecule has 1 atom stereocenters. The van der Waals surface area contributed by atoms with Gasteiger partial charge in [0.05, 0.1) is 0 Å². The number of benzene rings is 1.